The lowest BCUT2D eigenvalue weighted by atomic mass is 10.2. The molecule has 0 aliphatic rings. The fourth-order valence-electron chi connectivity index (χ4n) is 1.83. The standard InChI is InChI=1S/C14H18N4O3/c1-19-8-14-17-12(15)7-13(18-14)16-10-6-9(20-2)4-5-11(10)21-3/h4-7H,8H2,1-3H3,(H3,15,16,17,18). The van der Waals surface area contributed by atoms with Gasteiger partial charge in [0.1, 0.15) is 29.7 Å². The Morgan fingerprint density at radius 3 is 2.57 bits per heavy atom. The van der Waals surface area contributed by atoms with E-state index in [1.54, 1.807) is 27.4 Å². The van der Waals surface area contributed by atoms with Crippen LogP contribution in [0.15, 0.2) is 24.3 Å². The van der Waals surface area contributed by atoms with Crippen molar-refractivity contribution in [3.63, 3.8) is 0 Å². The second-order valence-corrected chi connectivity index (χ2v) is 4.22. The van der Waals surface area contributed by atoms with Gasteiger partial charge in [-0.1, -0.05) is 0 Å². The lowest BCUT2D eigenvalue weighted by molar-refractivity contribution is 0.178. The van der Waals surface area contributed by atoms with Crippen LogP contribution in [0.4, 0.5) is 17.3 Å². The SMILES string of the molecule is COCc1nc(N)cc(Nc2cc(OC)ccc2OC)n1. The average molecular weight is 290 g/mol. The van der Waals surface area contributed by atoms with E-state index in [0.29, 0.717) is 29.0 Å². The lowest BCUT2D eigenvalue weighted by Gasteiger charge is -2.13. The molecule has 0 aliphatic carbocycles. The van der Waals surface area contributed by atoms with Gasteiger partial charge in [0.05, 0.1) is 19.9 Å². The van der Waals surface area contributed by atoms with E-state index in [2.05, 4.69) is 15.3 Å². The van der Waals surface area contributed by atoms with Crippen LogP contribution < -0.4 is 20.5 Å². The first-order valence-corrected chi connectivity index (χ1v) is 6.27. The number of rotatable bonds is 6. The number of nitrogens with two attached hydrogens (primary N) is 1. The summed E-state index contributed by atoms with van der Waals surface area (Å²) in [7, 11) is 4.77. The second kappa shape index (κ2) is 6.76. The second-order valence-electron chi connectivity index (χ2n) is 4.22. The summed E-state index contributed by atoms with van der Waals surface area (Å²) in [4.78, 5) is 8.41. The summed E-state index contributed by atoms with van der Waals surface area (Å²) in [5, 5.41) is 3.15. The lowest BCUT2D eigenvalue weighted by Crippen LogP contribution is -2.05. The van der Waals surface area contributed by atoms with Gasteiger partial charge in [-0.15, -0.1) is 0 Å². The molecule has 7 heteroatoms. The molecule has 0 bridgehead atoms. The van der Waals surface area contributed by atoms with Gasteiger partial charge in [-0.05, 0) is 12.1 Å². The number of methoxy groups -OCH3 is 3. The van der Waals surface area contributed by atoms with Crippen molar-refractivity contribution in [2.24, 2.45) is 0 Å². The molecule has 1 heterocycles. The monoisotopic (exact) mass is 290 g/mol. The van der Waals surface area contributed by atoms with Crippen molar-refractivity contribution < 1.29 is 14.2 Å². The first-order valence-electron chi connectivity index (χ1n) is 6.27. The minimum absolute atomic E-state index is 0.287. The Labute approximate surface area is 123 Å². The van der Waals surface area contributed by atoms with Crippen LogP contribution in [-0.4, -0.2) is 31.3 Å². The Morgan fingerprint density at radius 2 is 1.90 bits per heavy atom. The van der Waals surface area contributed by atoms with Gasteiger partial charge >= 0.3 is 0 Å². The molecule has 0 radical (unpaired) electrons. The van der Waals surface area contributed by atoms with Crippen LogP contribution in [0.2, 0.25) is 0 Å². The Bertz CT molecular complexity index is 619. The summed E-state index contributed by atoms with van der Waals surface area (Å²) in [5.74, 6) is 2.79. The average Bonchev–Trinajstić information content (AvgIpc) is 2.47. The van der Waals surface area contributed by atoms with Crippen LogP contribution >= 0.6 is 0 Å². The molecular weight excluding hydrogens is 272 g/mol. The predicted octanol–water partition coefficient (Wildman–Crippen LogP) is 1.97. The highest BCUT2D eigenvalue weighted by atomic mass is 16.5. The Balaban J connectivity index is 2.32. The van der Waals surface area contributed by atoms with Gasteiger partial charge < -0.3 is 25.3 Å². The van der Waals surface area contributed by atoms with Crippen molar-refractivity contribution in [3.8, 4) is 11.5 Å². The first kappa shape index (κ1) is 14.9. The van der Waals surface area contributed by atoms with E-state index in [-0.39, 0.29) is 6.61 Å². The third-order valence-corrected chi connectivity index (χ3v) is 2.74. The quantitative estimate of drug-likeness (QED) is 0.840. The van der Waals surface area contributed by atoms with Crippen LogP contribution in [0.5, 0.6) is 11.5 Å². The first-order chi connectivity index (χ1) is 10.2. The molecule has 0 fully saturated rings. The van der Waals surface area contributed by atoms with Crippen molar-refractivity contribution in [2.45, 2.75) is 6.61 Å². The molecule has 0 aliphatic heterocycles. The number of ether oxygens (including phenoxy) is 3. The van der Waals surface area contributed by atoms with E-state index in [1.165, 1.54) is 0 Å². The molecule has 7 nitrogen and oxygen atoms in total. The van der Waals surface area contributed by atoms with Crippen molar-refractivity contribution >= 4 is 17.3 Å². The van der Waals surface area contributed by atoms with Gasteiger partial charge in [0.15, 0.2) is 5.82 Å². The van der Waals surface area contributed by atoms with Gasteiger partial charge in [0.2, 0.25) is 0 Å². The number of nitrogens with one attached hydrogen (secondary N) is 1. The van der Waals surface area contributed by atoms with Crippen molar-refractivity contribution in [1.29, 1.82) is 0 Å². The molecule has 0 atom stereocenters. The molecule has 0 spiro atoms. The van der Waals surface area contributed by atoms with E-state index >= 15 is 0 Å². The number of aromatic nitrogens is 2. The van der Waals surface area contributed by atoms with E-state index in [0.717, 1.165) is 5.69 Å². The number of anilines is 3. The van der Waals surface area contributed by atoms with Gasteiger partial charge in [-0.3, -0.25) is 0 Å². The number of hydrogen-bond donors (Lipinski definition) is 2. The molecular formula is C14H18N4O3. The predicted molar refractivity (Wildman–Crippen MR) is 80.0 cm³/mol. The van der Waals surface area contributed by atoms with Gasteiger partial charge in [0.25, 0.3) is 0 Å². The molecule has 21 heavy (non-hydrogen) atoms. The third kappa shape index (κ3) is 3.73. The van der Waals surface area contributed by atoms with Gasteiger partial charge in [0, 0.05) is 19.2 Å². The highest BCUT2D eigenvalue weighted by Gasteiger charge is 2.08. The van der Waals surface area contributed by atoms with Crippen LogP contribution in [0.3, 0.4) is 0 Å². The zero-order chi connectivity index (χ0) is 15.2. The smallest absolute Gasteiger partial charge is 0.158 e. The maximum absolute atomic E-state index is 5.77. The van der Waals surface area contributed by atoms with Crippen molar-refractivity contribution in [2.75, 3.05) is 32.4 Å². The van der Waals surface area contributed by atoms with Crippen LogP contribution in [-0.2, 0) is 11.3 Å². The molecule has 0 saturated heterocycles. The molecule has 2 aromatic rings. The van der Waals surface area contributed by atoms with Crippen LogP contribution in [0, 0.1) is 0 Å². The highest BCUT2D eigenvalue weighted by molar-refractivity contribution is 5.67. The Hall–Kier alpha value is -2.54. The van der Waals surface area contributed by atoms with E-state index in [1.807, 2.05) is 18.2 Å². The molecule has 0 saturated carbocycles. The number of nitrogen functional groups attached to an aromatic ring is 1. The molecule has 1 aromatic heterocycles. The van der Waals surface area contributed by atoms with Crippen molar-refractivity contribution in [3.05, 3.63) is 30.1 Å². The number of benzene rings is 1. The zero-order valence-corrected chi connectivity index (χ0v) is 12.2. The van der Waals surface area contributed by atoms with Gasteiger partial charge in [-0.2, -0.15) is 0 Å². The molecule has 2 rings (SSSR count). The van der Waals surface area contributed by atoms with E-state index in [9.17, 15) is 0 Å². The van der Waals surface area contributed by atoms with Crippen LogP contribution in [0.25, 0.3) is 0 Å². The summed E-state index contributed by atoms with van der Waals surface area (Å²) in [6.45, 7) is 0.287. The number of hydrogen-bond acceptors (Lipinski definition) is 7. The van der Waals surface area contributed by atoms with E-state index in [4.69, 9.17) is 19.9 Å². The van der Waals surface area contributed by atoms with Gasteiger partial charge in [-0.25, -0.2) is 9.97 Å². The summed E-state index contributed by atoms with van der Waals surface area (Å²) in [5.41, 5.74) is 6.49. The normalized spacial score (nSPS) is 10.2. The highest BCUT2D eigenvalue weighted by Crippen LogP contribution is 2.31. The fourth-order valence-corrected chi connectivity index (χ4v) is 1.83. The summed E-state index contributed by atoms with van der Waals surface area (Å²) in [6, 6.07) is 7.07. The summed E-state index contributed by atoms with van der Waals surface area (Å²) < 4.78 is 15.5. The largest absolute Gasteiger partial charge is 0.497 e. The molecule has 0 unspecified atom stereocenters. The van der Waals surface area contributed by atoms with Crippen molar-refractivity contribution in [1.82, 2.24) is 9.97 Å². The summed E-state index contributed by atoms with van der Waals surface area (Å²) >= 11 is 0. The maximum Gasteiger partial charge on any atom is 0.158 e. The Kier molecular flexibility index (Phi) is 4.78. The minimum atomic E-state index is 0.287. The maximum atomic E-state index is 5.77. The minimum Gasteiger partial charge on any atom is -0.497 e. The van der Waals surface area contributed by atoms with E-state index < -0.39 is 0 Å². The topological polar surface area (TPSA) is 91.5 Å². The molecule has 3 N–H and O–H groups in total. The molecule has 1 aromatic carbocycles. The summed E-state index contributed by atoms with van der Waals surface area (Å²) in [6.07, 6.45) is 0. The molecule has 112 valence electrons. The third-order valence-electron chi connectivity index (χ3n) is 2.74. The fraction of sp³-hybridized carbons (Fsp3) is 0.286. The molecule has 0 amide bonds. The number of nitrogens with zero attached hydrogens (tertiary/aromatic N) is 2. The zero-order valence-electron chi connectivity index (χ0n) is 12.2. The Morgan fingerprint density at radius 1 is 1.10 bits per heavy atom. The van der Waals surface area contributed by atoms with Crippen LogP contribution in [0.1, 0.15) is 5.82 Å².